The second-order valence-corrected chi connectivity index (χ2v) is 11.4. The van der Waals surface area contributed by atoms with Gasteiger partial charge in [-0.25, -0.2) is 0 Å². The zero-order valence-corrected chi connectivity index (χ0v) is 25.0. The second-order valence-electron chi connectivity index (χ2n) is 11.4. The molecule has 45 heavy (non-hydrogen) atoms. The third-order valence-corrected chi connectivity index (χ3v) is 8.69. The summed E-state index contributed by atoms with van der Waals surface area (Å²) in [6.07, 6.45) is 0.558. The Kier molecular flexibility index (Phi) is 9.18. The van der Waals surface area contributed by atoms with Gasteiger partial charge in [-0.05, 0) is 51.8 Å². The molecule has 0 radical (unpaired) electrons. The fourth-order valence-electron chi connectivity index (χ4n) is 6.51. The Hall–Kier alpha value is -5.00. The lowest BCUT2D eigenvalue weighted by molar-refractivity contribution is -0.152. The van der Waals surface area contributed by atoms with Gasteiger partial charge in [-0.15, -0.1) is 0 Å². The Morgan fingerprint density at radius 1 is 0.644 bits per heavy atom. The first-order valence-electron chi connectivity index (χ1n) is 15.4. The molecule has 5 aromatic rings. The van der Waals surface area contributed by atoms with E-state index in [0.717, 1.165) is 38.9 Å². The number of carbonyl (C=O) groups is 2. The van der Waals surface area contributed by atoms with Gasteiger partial charge in [0.15, 0.2) is 0 Å². The number of esters is 1. The van der Waals surface area contributed by atoms with Crippen LogP contribution in [0.5, 0.6) is 0 Å². The number of carboxylic acid groups (broad SMARTS) is 1. The molecule has 0 heterocycles. The highest BCUT2D eigenvalue weighted by molar-refractivity contribution is 5.80. The number of hydrogen-bond acceptors (Lipinski definition) is 4. The van der Waals surface area contributed by atoms with E-state index in [2.05, 4.69) is 60.7 Å². The Bertz CT molecular complexity index is 1590. The highest BCUT2D eigenvalue weighted by Crippen LogP contribution is 2.45. The standard InChI is InChI=1S/C40H36O5/c41-38(44-28-37-35-24-12-10-22-33(35)34-23-11-13-25-36(34)37)27-29(39(42)43)15-14-26-45-40(30-16-4-1-5-17-30,31-18-6-2-7-19-31)32-20-8-3-9-21-32/h1-13,16-25,29,37H,14-15,26-28H2,(H,42,43)/t29-/m1/s1. The predicted octanol–water partition coefficient (Wildman–Crippen LogP) is 8.22. The first kappa shape index (κ1) is 30.0. The number of aliphatic carboxylic acids is 1. The topological polar surface area (TPSA) is 72.8 Å². The van der Waals surface area contributed by atoms with Crippen LogP contribution in [0.1, 0.15) is 53.0 Å². The molecule has 0 aromatic heterocycles. The van der Waals surface area contributed by atoms with Gasteiger partial charge in [0.25, 0.3) is 0 Å². The second kappa shape index (κ2) is 13.7. The van der Waals surface area contributed by atoms with Gasteiger partial charge in [0, 0.05) is 12.5 Å². The first-order valence-corrected chi connectivity index (χ1v) is 15.4. The minimum atomic E-state index is -1.01. The Morgan fingerprint density at radius 3 is 1.56 bits per heavy atom. The van der Waals surface area contributed by atoms with Crippen molar-refractivity contribution in [2.24, 2.45) is 5.92 Å². The molecule has 226 valence electrons. The molecule has 0 spiro atoms. The van der Waals surface area contributed by atoms with E-state index in [1.54, 1.807) is 0 Å². The van der Waals surface area contributed by atoms with E-state index in [1.165, 1.54) is 0 Å². The number of hydrogen-bond donors (Lipinski definition) is 1. The number of benzene rings is 5. The maximum atomic E-state index is 13.0. The van der Waals surface area contributed by atoms with Crippen LogP contribution in [0.2, 0.25) is 0 Å². The molecule has 1 aliphatic carbocycles. The number of carboxylic acids is 1. The van der Waals surface area contributed by atoms with Crippen LogP contribution in [0.3, 0.4) is 0 Å². The maximum Gasteiger partial charge on any atom is 0.307 e. The zero-order valence-electron chi connectivity index (χ0n) is 25.0. The smallest absolute Gasteiger partial charge is 0.307 e. The number of carbonyl (C=O) groups excluding carboxylic acids is 1. The molecule has 0 aliphatic heterocycles. The predicted molar refractivity (Wildman–Crippen MR) is 175 cm³/mol. The number of ether oxygens (including phenoxy) is 2. The molecular weight excluding hydrogens is 560 g/mol. The fourth-order valence-corrected chi connectivity index (χ4v) is 6.51. The van der Waals surface area contributed by atoms with Crippen molar-refractivity contribution in [2.45, 2.75) is 30.8 Å². The molecule has 1 aliphatic rings. The molecule has 1 atom stereocenters. The molecule has 0 fully saturated rings. The minimum absolute atomic E-state index is 0.0693. The van der Waals surface area contributed by atoms with Crippen LogP contribution in [0.25, 0.3) is 11.1 Å². The van der Waals surface area contributed by atoms with E-state index in [9.17, 15) is 14.7 Å². The molecule has 0 bridgehead atoms. The van der Waals surface area contributed by atoms with Gasteiger partial charge in [-0.2, -0.15) is 0 Å². The Labute approximate surface area is 264 Å². The van der Waals surface area contributed by atoms with Crippen molar-refractivity contribution in [1.82, 2.24) is 0 Å². The van der Waals surface area contributed by atoms with Crippen LogP contribution in [0, 0.1) is 5.92 Å². The summed E-state index contributed by atoms with van der Waals surface area (Å²) in [6, 6.07) is 46.5. The highest BCUT2D eigenvalue weighted by atomic mass is 16.5. The van der Waals surface area contributed by atoms with Crippen LogP contribution in [-0.4, -0.2) is 30.3 Å². The van der Waals surface area contributed by atoms with Gasteiger partial charge in [0.2, 0.25) is 0 Å². The monoisotopic (exact) mass is 596 g/mol. The lowest BCUT2D eigenvalue weighted by Crippen LogP contribution is -2.33. The molecule has 0 amide bonds. The quantitative estimate of drug-likeness (QED) is 0.0842. The average Bonchev–Trinajstić information content (AvgIpc) is 3.41. The molecule has 0 saturated carbocycles. The normalized spacial score (nSPS) is 13.1. The van der Waals surface area contributed by atoms with E-state index in [-0.39, 0.29) is 25.4 Å². The third-order valence-electron chi connectivity index (χ3n) is 8.69. The molecule has 5 aromatic carbocycles. The summed E-state index contributed by atoms with van der Waals surface area (Å²) >= 11 is 0. The fraction of sp³-hybridized carbons (Fsp3) is 0.200. The average molecular weight is 597 g/mol. The van der Waals surface area contributed by atoms with Gasteiger partial charge in [-0.3, -0.25) is 9.59 Å². The summed E-state index contributed by atoms with van der Waals surface area (Å²) in [5.74, 6) is -2.45. The Morgan fingerprint density at radius 2 is 1.09 bits per heavy atom. The summed E-state index contributed by atoms with van der Waals surface area (Å²) < 4.78 is 12.5. The van der Waals surface area contributed by atoms with E-state index in [1.807, 2.05) is 78.9 Å². The summed E-state index contributed by atoms with van der Waals surface area (Å²) in [4.78, 5) is 25.2. The van der Waals surface area contributed by atoms with Crippen LogP contribution in [0.15, 0.2) is 140 Å². The minimum Gasteiger partial charge on any atom is -0.481 e. The summed E-state index contributed by atoms with van der Waals surface area (Å²) in [5, 5.41) is 10.0. The van der Waals surface area contributed by atoms with Crippen molar-refractivity contribution in [3.8, 4) is 11.1 Å². The van der Waals surface area contributed by atoms with Crippen molar-refractivity contribution in [3.63, 3.8) is 0 Å². The van der Waals surface area contributed by atoms with Gasteiger partial charge in [0.05, 0.1) is 12.3 Å². The van der Waals surface area contributed by atoms with Gasteiger partial charge >= 0.3 is 11.9 Å². The molecule has 1 N–H and O–H groups in total. The summed E-state index contributed by atoms with van der Waals surface area (Å²) in [6.45, 7) is 0.475. The first-order chi connectivity index (χ1) is 22.1. The molecule has 0 unspecified atom stereocenters. The molecular formula is C40H36O5. The van der Waals surface area contributed by atoms with Crippen molar-refractivity contribution < 1.29 is 24.2 Å². The number of rotatable bonds is 13. The molecule has 6 rings (SSSR count). The van der Waals surface area contributed by atoms with Crippen LogP contribution in [-0.2, 0) is 24.7 Å². The van der Waals surface area contributed by atoms with Crippen LogP contribution >= 0.6 is 0 Å². The summed E-state index contributed by atoms with van der Waals surface area (Å²) in [7, 11) is 0. The summed E-state index contributed by atoms with van der Waals surface area (Å²) in [5.41, 5.74) is 6.61. The van der Waals surface area contributed by atoms with Crippen molar-refractivity contribution >= 4 is 11.9 Å². The van der Waals surface area contributed by atoms with Gasteiger partial charge < -0.3 is 14.6 Å². The largest absolute Gasteiger partial charge is 0.481 e. The van der Waals surface area contributed by atoms with E-state index < -0.39 is 23.5 Å². The van der Waals surface area contributed by atoms with Crippen molar-refractivity contribution in [1.29, 1.82) is 0 Å². The Balaban J connectivity index is 1.12. The lowest BCUT2D eigenvalue weighted by Gasteiger charge is -2.36. The van der Waals surface area contributed by atoms with Gasteiger partial charge in [-0.1, -0.05) is 140 Å². The third kappa shape index (κ3) is 6.31. The van der Waals surface area contributed by atoms with E-state index in [0.29, 0.717) is 13.0 Å². The van der Waals surface area contributed by atoms with Gasteiger partial charge in [0.1, 0.15) is 12.2 Å². The van der Waals surface area contributed by atoms with Crippen LogP contribution in [0.4, 0.5) is 0 Å². The van der Waals surface area contributed by atoms with Crippen molar-refractivity contribution in [3.05, 3.63) is 167 Å². The van der Waals surface area contributed by atoms with Crippen molar-refractivity contribution in [2.75, 3.05) is 13.2 Å². The van der Waals surface area contributed by atoms with E-state index >= 15 is 0 Å². The molecule has 0 saturated heterocycles. The lowest BCUT2D eigenvalue weighted by atomic mass is 9.80. The zero-order chi connectivity index (χ0) is 31.1. The van der Waals surface area contributed by atoms with E-state index in [4.69, 9.17) is 9.47 Å². The van der Waals surface area contributed by atoms with Crippen LogP contribution < -0.4 is 0 Å². The maximum absolute atomic E-state index is 13.0. The molecule has 5 nitrogen and oxygen atoms in total. The highest BCUT2D eigenvalue weighted by Gasteiger charge is 2.37. The SMILES string of the molecule is O=C(C[C@@H](CCCOC(c1ccccc1)(c1ccccc1)c1ccccc1)C(=O)O)OCC1c2ccccc2-c2ccccc21. The molecule has 5 heteroatoms. The number of fused-ring (bicyclic) bond motifs is 3.